The fraction of sp³-hybridized carbons (Fsp3) is 0.273. The minimum atomic E-state index is -3.39. The van der Waals surface area contributed by atoms with E-state index in [9.17, 15) is 8.42 Å². The largest absolute Gasteiger partial charge is 0.469 e. The third kappa shape index (κ3) is 3.18. The fourth-order valence-corrected chi connectivity index (χ4v) is 3.76. The van der Waals surface area contributed by atoms with Gasteiger partial charge in [0.2, 0.25) is 10.0 Å². The van der Waals surface area contributed by atoms with Crippen LogP contribution in [-0.4, -0.2) is 14.5 Å². The van der Waals surface area contributed by atoms with Crippen LogP contribution >= 0.6 is 11.3 Å². The van der Waals surface area contributed by atoms with Crippen molar-refractivity contribution >= 4 is 21.4 Å². The van der Waals surface area contributed by atoms with Crippen LogP contribution in [0.1, 0.15) is 12.7 Å². The average molecular weight is 271 g/mol. The maximum atomic E-state index is 11.9. The molecular weight excluding hydrogens is 258 g/mol. The van der Waals surface area contributed by atoms with Crippen molar-refractivity contribution in [2.24, 2.45) is 0 Å². The van der Waals surface area contributed by atoms with E-state index in [1.165, 1.54) is 11.3 Å². The van der Waals surface area contributed by atoms with Crippen LogP contribution < -0.4 is 4.72 Å². The highest BCUT2D eigenvalue weighted by Crippen LogP contribution is 2.16. The number of furan rings is 1. The fourth-order valence-electron chi connectivity index (χ4n) is 1.51. The molecule has 2 aromatic heterocycles. The lowest BCUT2D eigenvalue weighted by Crippen LogP contribution is -2.33. The van der Waals surface area contributed by atoms with E-state index >= 15 is 0 Å². The summed E-state index contributed by atoms with van der Waals surface area (Å²) in [6.45, 7) is 1.81. The molecule has 0 aliphatic rings. The SMILES string of the molecule is C[C@H](Cc1ccco1)NS(=O)(=O)c1cccs1. The summed E-state index contributed by atoms with van der Waals surface area (Å²) in [7, 11) is -3.39. The summed E-state index contributed by atoms with van der Waals surface area (Å²) in [6, 6.07) is 6.72. The Kier molecular flexibility index (Phi) is 3.66. The van der Waals surface area contributed by atoms with Crippen LogP contribution in [0.2, 0.25) is 0 Å². The van der Waals surface area contributed by atoms with Gasteiger partial charge in [0, 0.05) is 12.5 Å². The molecule has 0 aliphatic carbocycles. The Labute approximate surface area is 104 Å². The molecule has 0 aromatic carbocycles. The lowest BCUT2D eigenvalue weighted by atomic mass is 10.2. The third-order valence-corrected chi connectivity index (χ3v) is 5.19. The van der Waals surface area contributed by atoms with Crippen LogP contribution in [0.3, 0.4) is 0 Å². The van der Waals surface area contributed by atoms with E-state index in [2.05, 4.69) is 4.72 Å². The number of hydrogen-bond donors (Lipinski definition) is 1. The van der Waals surface area contributed by atoms with Crippen molar-refractivity contribution in [2.45, 2.75) is 23.6 Å². The Morgan fingerprint density at radius 1 is 1.41 bits per heavy atom. The van der Waals surface area contributed by atoms with Gasteiger partial charge in [-0.05, 0) is 30.5 Å². The first-order valence-corrected chi connectivity index (χ1v) is 7.52. The molecule has 0 fully saturated rings. The molecule has 4 nitrogen and oxygen atoms in total. The van der Waals surface area contributed by atoms with E-state index in [1.807, 2.05) is 13.0 Å². The summed E-state index contributed by atoms with van der Waals surface area (Å²) >= 11 is 1.21. The van der Waals surface area contributed by atoms with Gasteiger partial charge in [0.15, 0.2) is 0 Å². The van der Waals surface area contributed by atoms with Crippen molar-refractivity contribution in [3.05, 3.63) is 41.7 Å². The van der Waals surface area contributed by atoms with E-state index in [4.69, 9.17) is 4.42 Å². The Morgan fingerprint density at radius 3 is 2.82 bits per heavy atom. The van der Waals surface area contributed by atoms with Crippen LogP contribution in [-0.2, 0) is 16.4 Å². The Balaban J connectivity index is 2.01. The quantitative estimate of drug-likeness (QED) is 0.907. The number of sulfonamides is 1. The molecule has 1 atom stereocenters. The van der Waals surface area contributed by atoms with Gasteiger partial charge in [-0.3, -0.25) is 0 Å². The Hall–Kier alpha value is -1.11. The predicted octanol–water partition coefficient (Wildman–Crippen LogP) is 2.25. The number of thiophene rings is 1. The molecule has 0 radical (unpaired) electrons. The number of nitrogens with one attached hydrogen (secondary N) is 1. The van der Waals surface area contributed by atoms with Gasteiger partial charge in [-0.1, -0.05) is 6.07 Å². The van der Waals surface area contributed by atoms with E-state index in [1.54, 1.807) is 29.8 Å². The molecule has 92 valence electrons. The zero-order valence-corrected chi connectivity index (χ0v) is 10.9. The van der Waals surface area contributed by atoms with Crippen LogP contribution in [0.5, 0.6) is 0 Å². The molecule has 0 unspecified atom stereocenters. The average Bonchev–Trinajstić information content (AvgIpc) is 2.87. The highest BCUT2D eigenvalue weighted by atomic mass is 32.2. The van der Waals surface area contributed by atoms with Crippen molar-refractivity contribution in [3.8, 4) is 0 Å². The summed E-state index contributed by atoms with van der Waals surface area (Å²) < 4.78 is 31.9. The monoisotopic (exact) mass is 271 g/mol. The second kappa shape index (κ2) is 5.03. The first-order chi connectivity index (χ1) is 8.08. The standard InChI is InChI=1S/C11H13NO3S2/c1-9(8-10-4-2-6-15-10)12-17(13,14)11-5-3-7-16-11/h2-7,9,12H,8H2,1H3/t9-/m1/s1. The van der Waals surface area contributed by atoms with Gasteiger partial charge < -0.3 is 4.42 Å². The Bertz CT molecular complexity index is 544. The highest BCUT2D eigenvalue weighted by molar-refractivity contribution is 7.91. The molecule has 1 N–H and O–H groups in total. The molecule has 0 aliphatic heterocycles. The first-order valence-electron chi connectivity index (χ1n) is 5.16. The summed E-state index contributed by atoms with van der Waals surface area (Å²) in [5.74, 6) is 0.770. The molecule has 6 heteroatoms. The molecule has 0 spiro atoms. The van der Waals surface area contributed by atoms with Gasteiger partial charge in [0.25, 0.3) is 0 Å². The maximum Gasteiger partial charge on any atom is 0.250 e. The third-order valence-electron chi connectivity index (χ3n) is 2.20. The Morgan fingerprint density at radius 2 is 2.24 bits per heavy atom. The highest BCUT2D eigenvalue weighted by Gasteiger charge is 2.18. The lowest BCUT2D eigenvalue weighted by molar-refractivity contribution is 0.479. The molecule has 17 heavy (non-hydrogen) atoms. The van der Waals surface area contributed by atoms with Crippen molar-refractivity contribution in [2.75, 3.05) is 0 Å². The minimum Gasteiger partial charge on any atom is -0.469 e. The summed E-state index contributed by atoms with van der Waals surface area (Å²) in [6.07, 6.45) is 2.12. The summed E-state index contributed by atoms with van der Waals surface area (Å²) in [5.41, 5.74) is 0. The second-order valence-electron chi connectivity index (χ2n) is 3.74. The zero-order chi connectivity index (χ0) is 12.3. The van der Waals surface area contributed by atoms with Crippen molar-refractivity contribution in [1.82, 2.24) is 4.72 Å². The molecule has 0 saturated carbocycles. The van der Waals surface area contributed by atoms with Gasteiger partial charge in [0.05, 0.1) is 6.26 Å². The summed E-state index contributed by atoms with van der Waals surface area (Å²) in [4.78, 5) is 0. The van der Waals surface area contributed by atoms with E-state index in [0.29, 0.717) is 10.6 Å². The molecular formula is C11H13NO3S2. The normalized spacial score (nSPS) is 13.7. The van der Waals surface area contributed by atoms with Gasteiger partial charge in [-0.2, -0.15) is 0 Å². The topological polar surface area (TPSA) is 59.3 Å². The molecule has 2 aromatic rings. The van der Waals surface area contributed by atoms with Gasteiger partial charge in [0.1, 0.15) is 9.97 Å². The summed E-state index contributed by atoms with van der Waals surface area (Å²) in [5, 5.41) is 1.74. The van der Waals surface area contributed by atoms with Crippen LogP contribution in [0.15, 0.2) is 44.5 Å². The number of hydrogen-bond acceptors (Lipinski definition) is 4. The molecule has 0 bridgehead atoms. The molecule has 2 heterocycles. The maximum absolute atomic E-state index is 11.9. The number of rotatable bonds is 5. The molecule has 0 saturated heterocycles. The van der Waals surface area contributed by atoms with E-state index in [0.717, 1.165) is 5.76 Å². The van der Waals surface area contributed by atoms with Crippen molar-refractivity contribution in [1.29, 1.82) is 0 Å². The second-order valence-corrected chi connectivity index (χ2v) is 6.63. The van der Waals surface area contributed by atoms with Crippen LogP contribution in [0.25, 0.3) is 0 Å². The van der Waals surface area contributed by atoms with Crippen molar-refractivity contribution in [3.63, 3.8) is 0 Å². The lowest BCUT2D eigenvalue weighted by Gasteiger charge is -2.11. The van der Waals surface area contributed by atoms with Crippen LogP contribution in [0.4, 0.5) is 0 Å². The van der Waals surface area contributed by atoms with Gasteiger partial charge in [-0.25, -0.2) is 13.1 Å². The smallest absolute Gasteiger partial charge is 0.250 e. The minimum absolute atomic E-state index is 0.201. The first kappa shape index (κ1) is 12.3. The van der Waals surface area contributed by atoms with E-state index in [-0.39, 0.29) is 6.04 Å². The predicted molar refractivity (Wildman–Crippen MR) is 66.5 cm³/mol. The molecule has 0 amide bonds. The molecule has 2 rings (SSSR count). The van der Waals surface area contributed by atoms with Crippen molar-refractivity contribution < 1.29 is 12.8 Å². The van der Waals surface area contributed by atoms with E-state index < -0.39 is 10.0 Å². The zero-order valence-electron chi connectivity index (χ0n) is 9.29. The van der Waals surface area contributed by atoms with Gasteiger partial charge >= 0.3 is 0 Å². The van der Waals surface area contributed by atoms with Crippen LogP contribution in [0, 0.1) is 0 Å². The van der Waals surface area contributed by atoms with Gasteiger partial charge in [-0.15, -0.1) is 11.3 Å².